The molecule has 0 aromatic carbocycles. The minimum Gasteiger partial charge on any atom is -0.463 e. The molecule has 18 unspecified atom stereocenters. The number of cyclic esters (lactones) is 2. The van der Waals surface area contributed by atoms with Crippen LogP contribution in [-0.4, -0.2) is 96.4 Å². The topological polar surface area (TPSA) is 197 Å². The Kier molecular flexibility index (Phi) is 18.7. The van der Waals surface area contributed by atoms with Crippen LogP contribution in [0.2, 0.25) is 0 Å². The minimum atomic E-state index is -7.70. The highest BCUT2D eigenvalue weighted by Gasteiger charge is 2.86. The van der Waals surface area contributed by atoms with Crippen molar-refractivity contribution in [3.8, 4) is 0 Å². The number of hydroxylamine groups is 2. The lowest BCUT2D eigenvalue weighted by Gasteiger charge is -2.46. The minimum absolute atomic E-state index is 0. The molecule has 6 bridgehead atoms. The summed E-state index contributed by atoms with van der Waals surface area (Å²) in [6, 6.07) is 0. The number of nitrogens with zero attached hydrogens (tertiary/aromatic N) is 1. The molecule has 8 rings (SSSR count). The van der Waals surface area contributed by atoms with Crippen molar-refractivity contribution >= 4 is 45.8 Å². The van der Waals surface area contributed by atoms with Gasteiger partial charge < -0.3 is 19.3 Å². The van der Waals surface area contributed by atoms with E-state index in [9.17, 15) is 81.8 Å². The normalized spacial score (nSPS) is 37.6. The van der Waals surface area contributed by atoms with Crippen LogP contribution in [0.4, 0.5) is 39.5 Å². The maximum absolute atomic E-state index is 14.6. The van der Waals surface area contributed by atoms with Gasteiger partial charge in [-0.2, -0.15) is 47.9 Å². The number of halogens is 9. The SMILES string of the molecule is C.C.C.C.C.C.CC1C2CC(C3C(=O)N(OS(=O)(=O)C(F)(F)C(F)(F)C(F)(F)C(F)(F)F)C(=O)C23)C1C1C(=O)OC(=O)C1CC1C2CC(CC2C(=O)OCCO)C1C1C(C)C2CC(C(=O)OC(C)(C)C)C1C2. The van der Waals surface area contributed by atoms with Crippen molar-refractivity contribution < 1.29 is 100 Å². The van der Waals surface area contributed by atoms with Crippen LogP contribution < -0.4 is 0 Å². The molecule has 0 aromatic rings. The van der Waals surface area contributed by atoms with Gasteiger partial charge in [0.1, 0.15) is 12.2 Å². The van der Waals surface area contributed by atoms with Crippen LogP contribution in [0.1, 0.15) is 118 Å². The molecule has 2 heterocycles. The standard InChI is InChI=1S/C42H50F9NO13S.6CH4/c1-14-16-8-20(23(9-16)36(58)64-38(3,4)5)26(14)28-17-10-19(22(11-17)34(56)62-7-6-53)21(28)13-25-31(37(59)63-35(25)57)27-15(2)18-12-24(27)30-29(18)32(54)52(33(30)55)65-66(60,61)42(50,51)40(45,46)39(43,44)41(47,48)49;;;;;;/h14-31,53H,6-13H2,1-5H3;6*1H4. The number of fused-ring (bicyclic) bond motifs is 9. The second-order valence-corrected chi connectivity index (χ2v) is 22.5. The number of carbonyl (C=O) groups is 6. The van der Waals surface area contributed by atoms with Crippen molar-refractivity contribution in [2.24, 2.45) is 107 Å². The van der Waals surface area contributed by atoms with Gasteiger partial charge in [-0.1, -0.05) is 58.4 Å². The van der Waals surface area contributed by atoms with Gasteiger partial charge in [0.15, 0.2) is 0 Å². The Morgan fingerprint density at radius 3 is 1.71 bits per heavy atom. The molecular formula is C48H74F9NO13S. The molecular weight excluding hydrogens is 1000 g/mol. The summed E-state index contributed by atoms with van der Waals surface area (Å²) in [5.74, 6) is -33.0. The van der Waals surface area contributed by atoms with Crippen molar-refractivity contribution in [3.05, 3.63) is 0 Å². The highest BCUT2D eigenvalue weighted by atomic mass is 32.2. The lowest BCUT2D eigenvalue weighted by molar-refractivity contribution is -0.383. The average molecular weight is 1080 g/mol. The number of hydrogen-bond acceptors (Lipinski definition) is 13. The zero-order chi connectivity index (χ0) is 48.9. The van der Waals surface area contributed by atoms with Gasteiger partial charge in [0.2, 0.25) is 0 Å². The molecule has 8 aliphatic rings. The van der Waals surface area contributed by atoms with E-state index >= 15 is 0 Å². The molecule has 6 saturated carbocycles. The van der Waals surface area contributed by atoms with Crippen LogP contribution >= 0.6 is 0 Å². The molecule has 0 spiro atoms. The largest absolute Gasteiger partial charge is 0.463 e. The van der Waals surface area contributed by atoms with Crippen molar-refractivity contribution in [1.82, 2.24) is 5.06 Å². The van der Waals surface area contributed by atoms with Crippen molar-refractivity contribution in [2.45, 2.75) is 147 Å². The van der Waals surface area contributed by atoms with Crippen molar-refractivity contribution in [3.63, 3.8) is 0 Å². The molecule has 2 amide bonds. The molecule has 18 atom stereocenters. The lowest BCUT2D eigenvalue weighted by atomic mass is 9.57. The third-order valence-electron chi connectivity index (χ3n) is 16.9. The molecule has 0 aromatic heterocycles. The Labute approximate surface area is 416 Å². The summed E-state index contributed by atoms with van der Waals surface area (Å²) < 4.78 is 168. The molecule has 418 valence electrons. The summed E-state index contributed by atoms with van der Waals surface area (Å²) in [7, 11) is -7.66. The maximum atomic E-state index is 14.6. The predicted molar refractivity (Wildman–Crippen MR) is 240 cm³/mol. The van der Waals surface area contributed by atoms with Crippen molar-refractivity contribution in [2.75, 3.05) is 13.2 Å². The average Bonchev–Trinajstić information content (AvgIpc) is 4.08. The van der Waals surface area contributed by atoms with Crippen LogP contribution in [0.5, 0.6) is 0 Å². The predicted octanol–water partition coefficient (Wildman–Crippen LogP) is 9.37. The van der Waals surface area contributed by atoms with E-state index in [4.69, 9.17) is 14.2 Å². The maximum Gasteiger partial charge on any atom is 0.460 e. The molecule has 8 fully saturated rings. The van der Waals surface area contributed by atoms with Gasteiger partial charge in [-0.15, -0.1) is 9.35 Å². The van der Waals surface area contributed by atoms with E-state index in [2.05, 4.69) is 11.2 Å². The quantitative estimate of drug-likeness (QED) is 0.0603. The number of amides is 2. The molecule has 2 aliphatic heterocycles. The Bertz CT molecular complexity index is 2190. The fraction of sp³-hybridized carbons (Fsp3) is 0.875. The monoisotopic (exact) mass is 1080 g/mol. The highest BCUT2D eigenvalue weighted by Crippen LogP contribution is 2.69. The number of aliphatic hydroxyl groups is 1. The first-order chi connectivity index (χ1) is 30.3. The first kappa shape index (κ1) is 64.6. The summed E-state index contributed by atoms with van der Waals surface area (Å²) in [6.45, 7) is 8.30. The summed E-state index contributed by atoms with van der Waals surface area (Å²) in [6.07, 6.45) is -5.05. The summed E-state index contributed by atoms with van der Waals surface area (Å²) in [4.78, 5) is 82.0. The Hall–Kier alpha value is -3.54. The van der Waals surface area contributed by atoms with Crippen LogP contribution in [-0.2, 0) is 57.4 Å². The second kappa shape index (κ2) is 20.9. The van der Waals surface area contributed by atoms with E-state index in [1.165, 1.54) is 0 Å². The fourth-order valence-electron chi connectivity index (χ4n) is 14.6. The smallest absolute Gasteiger partial charge is 0.460 e. The Morgan fingerprint density at radius 2 is 1.18 bits per heavy atom. The van der Waals surface area contributed by atoms with Gasteiger partial charge in [-0.25, -0.2) is 0 Å². The highest BCUT2D eigenvalue weighted by molar-refractivity contribution is 7.87. The number of ether oxygens (including phenoxy) is 3. The first-order valence-corrected chi connectivity index (χ1v) is 23.5. The third-order valence-corrected chi connectivity index (χ3v) is 18.1. The second-order valence-electron chi connectivity index (χ2n) is 20.9. The number of carbonyl (C=O) groups excluding carboxylic acids is 6. The first-order valence-electron chi connectivity index (χ1n) is 22.1. The third kappa shape index (κ3) is 9.36. The van der Waals surface area contributed by atoms with Crippen LogP contribution in [0.15, 0.2) is 0 Å². The molecule has 0 radical (unpaired) electrons. The molecule has 24 heteroatoms. The van der Waals surface area contributed by atoms with Gasteiger partial charge in [0, 0.05) is 0 Å². The van der Waals surface area contributed by atoms with E-state index in [1.807, 2.05) is 0 Å². The zero-order valence-electron chi connectivity index (χ0n) is 36.2. The number of aliphatic hydroxyl groups excluding tert-OH is 1. The van der Waals surface area contributed by atoms with E-state index in [0.717, 1.165) is 6.42 Å². The molecule has 2 saturated heterocycles. The molecule has 1 N–H and O–H groups in total. The summed E-state index contributed by atoms with van der Waals surface area (Å²) in [5, 5.41) is 1.16. The van der Waals surface area contributed by atoms with Gasteiger partial charge in [-0.05, 0) is 130 Å². The summed E-state index contributed by atoms with van der Waals surface area (Å²) in [5.41, 5.74) is -0.746. The van der Waals surface area contributed by atoms with Gasteiger partial charge >= 0.3 is 57.3 Å². The number of rotatable bonds is 13. The Morgan fingerprint density at radius 1 is 0.653 bits per heavy atom. The van der Waals surface area contributed by atoms with Gasteiger partial charge in [0.05, 0.1) is 42.1 Å². The van der Waals surface area contributed by atoms with Gasteiger partial charge in [-0.3, -0.25) is 28.8 Å². The molecule has 6 aliphatic carbocycles. The van der Waals surface area contributed by atoms with Crippen LogP contribution in [0, 0.1) is 107 Å². The van der Waals surface area contributed by atoms with E-state index in [1.54, 1.807) is 27.7 Å². The van der Waals surface area contributed by atoms with Gasteiger partial charge in [0.25, 0.3) is 11.8 Å². The van der Waals surface area contributed by atoms with Crippen LogP contribution in [0.25, 0.3) is 0 Å². The number of imide groups is 1. The van der Waals surface area contributed by atoms with E-state index in [0.29, 0.717) is 19.3 Å². The number of esters is 4. The zero-order valence-corrected chi connectivity index (χ0v) is 37.0. The van der Waals surface area contributed by atoms with Crippen LogP contribution in [0.3, 0.4) is 0 Å². The number of hydrogen-bond donors (Lipinski definition) is 1. The summed E-state index contributed by atoms with van der Waals surface area (Å²) >= 11 is 0. The number of alkyl halides is 9. The fourth-order valence-corrected chi connectivity index (χ4v) is 15.5. The van der Waals surface area contributed by atoms with E-state index < -0.39 is 145 Å². The van der Waals surface area contributed by atoms with Crippen molar-refractivity contribution in [1.29, 1.82) is 0 Å². The molecule has 72 heavy (non-hydrogen) atoms. The van der Waals surface area contributed by atoms with E-state index in [-0.39, 0.29) is 111 Å². The lowest BCUT2D eigenvalue weighted by Crippen LogP contribution is -2.64. The molecule has 14 nitrogen and oxygen atoms in total. The Balaban J connectivity index is 0.00000296.